The highest BCUT2D eigenvalue weighted by Crippen LogP contribution is 2.26. The van der Waals surface area contributed by atoms with Crippen molar-refractivity contribution in [2.75, 3.05) is 37.0 Å². The van der Waals surface area contributed by atoms with E-state index in [-0.39, 0.29) is 5.54 Å². The predicted octanol–water partition coefficient (Wildman–Crippen LogP) is 0.545. The van der Waals surface area contributed by atoms with Crippen molar-refractivity contribution >= 4 is 17.3 Å². The largest absolute Gasteiger partial charge is 0.350 e. The Bertz CT molecular complexity index is 618. The Morgan fingerprint density at radius 2 is 2.15 bits per heavy atom. The van der Waals surface area contributed by atoms with E-state index in [1.807, 2.05) is 16.8 Å². The first-order valence-electron chi connectivity index (χ1n) is 6.78. The van der Waals surface area contributed by atoms with Gasteiger partial charge in [0.15, 0.2) is 17.3 Å². The van der Waals surface area contributed by atoms with Crippen molar-refractivity contribution in [3.05, 3.63) is 18.6 Å². The Morgan fingerprint density at radius 3 is 2.85 bits per heavy atom. The molecule has 7 heteroatoms. The zero-order valence-corrected chi connectivity index (χ0v) is 12.2. The third-order valence-corrected chi connectivity index (χ3v) is 4.12. The number of anilines is 2. The smallest absolute Gasteiger partial charge is 0.180 e. The van der Waals surface area contributed by atoms with E-state index in [2.05, 4.69) is 46.1 Å². The molecule has 1 aliphatic rings. The third kappa shape index (κ3) is 2.08. The van der Waals surface area contributed by atoms with Gasteiger partial charge in [0.1, 0.15) is 0 Å². The van der Waals surface area contributed by atoms with Gasteiger partial charge in [-0.05, 0) is 20.9 Å². The van der Waals surface area contributed by atoms with E-state index in [0.29, 0.717) is 5.82 Å². The Kier molecular flexibility index (Phi) is 3.02. The fourth-order valence-corrected chi connectivity index (χ4v) is 2.62. The Morgan fingerprint density at radius 1 is 1.35 bits per heavy atom. The quantitative estimate of drug-likeness (QED) is 0.616. The number of hydrogen-bond acceptors (Lipinski definition) is 6. The lowest BCUT2D eigenvalue weighted by atomic mass is 10.00. The fourth-order valence-electron chi connectivity index (χ4n) is 2.62. The maximum atomic E-state index is 5.51. The fraction of sp³-hybridized carbons (Fsp3) is 0.538. The number of imidazole rings is 1. The number of fused-ring (bicyclic) bond motifs is 1. The molecule has 1 aliphatic heterocycles. The number of rotatable bonds is 2. The van der Waals surface area contributed by atoms with Crippen molar-refractivity contribution in [2.24, 2.45) is 5.84 Å². The van der Waals surface area contributed by atoms with E-state index in [9.17, 15) is 0 Å². The van der Waals surface area contributed by atoms with Crippen LogP contribution in [0.25, 0.3) is 5.65 Å². The summed E-state index contributed by atoms with van der Waals surface area (Å²) in [5.41, 5.74) is 3.59. The maximum absolute atomic E-state index is 5.51. The molecule has 0 saturated carbocycles. The Hall–Kier alpha value is -1.86. The maximum Gasteiger partial charge on any atom is 0.180 e. The van der Waals surface area contributed by atoms with Crippen LogP contribution in [0.15, 0.2) is 18.6 Å². The minimum Gasteiger partial charge on any atom is -0.350 e. The van der Waals surface area contributed by atoms with Gasteiger partial charge < -0.3 is 14.7 Å². The number of hydrazine groups is 1. The van der Waals surface area contributed by atoms with Crippen LogP contribution in [0.1, 0.15) is 13.8 Å². The van der Waals surface area contributed by atoms with Crippen LogP contribution in [0, 0.1) is 0 Å². The molecular formula is C13H21N7. The van der Waals surface area contributed by atoms with Gasteiger partial charge in [0.05, 0.1) is 6.20 Å². The molecule has 3 N–H and O–H groups in total. The van der Waals surface area contributed by atoms with Crippen LogP contribution in [-0.2, 0) is 0 Å². The van der Waals surface area contributed by atoms with Crippen molar-refractivity contribution in [3.8, 4) is 0 Å². The van der Waals surface area contributed by atoms with Gasteiger partial charge in [-0.1, -0.05) is 0 Å². The van der Waals surface area contributed by atoms with Crippen LogP contribution in [-0.4, -0.2) is 51.5 Å². The molecule has 0 aliphatic carbocycles. The molecule has 3 rings (SSSR count). The molecule has 2 aromatic heterocycles. The van der Waals surface area contributed by atoms with Crippen LogP contribution in [0.2, 0.25) is 0 Å². The summed E-state index contributed by atoms with van der Waals surface area (Å²) in [4.78, 5) is 13.7. The van der Waals surface area contributed by atoms with Crippen LogP contribution in [0.5, 0.6) is 0 Å². The SMILES string of the molecule is CN1CCN(c2nc(NN)cn3ccnc23)CC1(C)C. The minimum absolute atomic E-state index is 0.107. The van der Waals surface area contributed by atoms with Crippen molar-refractivity contribution in [1.82, 2.24) is 19.3 Å². The summed E-state index contributed by atoms with van der Waals surface area (Å²) in [5.74, 6) is 7.03. The topological polar surface area (TPSA) is 74.7 Å². The molecule has 0 aromatic carbocycles. The highest BCUT2D eigenvalue weighted by Gasteiger charge is 2.32. The van der Waals surface area contributed by atoms with Gasteiger partial charge in [0.25, 0.3) is 0 Å². The van der Waals surface area contributed by atoms with E-state index in [1.165, 1.54) is 0 Å². The highest BCUT2D eigenvalue weighted by atomic mass is 15.3. The minimum atomic E-state index is 0.107. The van der Waals surface area contributed by atoms with Gasteiger partial charge >= 0.3 is 0 Å². The molecule has 2 aromatic rings. The van der Waals surface area contributed by atoms with E-state index in [0.717, 1.165) is 31.1 Å². The van der Waals surface area contributed by atoms with Crippen LogP contribution in [0.3, 0.4) is 0 Å². The number of hydrogen-bond donors (Lipinski definition) is 2. The third-order valence-electron chi connectivity index (χ3n) is 4.12. The van der Waals surface area contributed by atoms with Gasteiger partial charge in [0.2, 0.25) is 0 Å². The first-order chi connectivity index (χ1) is 9.51. The standard InChI is InChI=1S/C13H21N7/c1-13(2)9-20(7-6-18(13)3)12-11-15-4-5-19(11)8-10(16-12)17-14/h4-5,8,17H,6-7,9,14H2,1-3H3. The molecule has 0 bridgehead atoms. The lowest BCUT2D eigenvalue weighted by molar-refractivity contribution is 0.138. The summed E-state index contributed by atoms with van der Waals surface area (Å²) in [6.07, 6.45) is 5.53. The number of nitrogens with two attached hydrogens (primary N) is 1. The first kappa shape index (κ1) is 13.1. The first-order valence-corrected chi connectivity index (χ1v) is 6.78. The molecule has 0 unspecified atom stereocenters. The molecule has 7 nitrogen and oxygen atoms in total. The Balaban J connectivity index is 2.03. The monoisotopic (exact) mass is 275 g/mol. The number of nitrogens with zero attached hydrogens (tertiary/aromatic N) is 5. The molecule has 0 radical (unpaired) electrons. The molecule has 0 amide bonds. The average molecular weight is 275 g/mol. The highest BCUT2D eigenvalue weighted by molar-refractivity contribution is 5.67. The second-order valence-electron chi connectivity index (χ2n) is 5.91. The average Bonchev–Trinajstić information content (AvgIpc) is 2.88. The van der Waals surface area contributed by atoms with E-state index >= 15 is 0 Å². The van der Waals surface area contributed by atoms with Gasteiger partial charge in [0, 0.05) is 37.6 Å². The molecular weight excluding hydrogens is 254 g/mol. The Labute approximate surface area is 118 Å². The molecule has 108 valence electrons. The predicted molar refractivity (Wildman–Crippen MR) is 79.7 cm³/mol. The number of piperazine rings is 1. The summed E-state index contributed by atoms with van der Waals surface area (Å²) >= 11 is 0. The summed E-state index contributed by atoms with van der Waals surface area (Å²) in [5, 5.41) is 0. The van der Waals surface area contributed by atoms with E-state index < -0.39 is 0 Å². The summed E-state index contributed by atoms with van der Waals surface area (Å²) in [6, 6.07) is 0. The van der Waals surface area contributed by atoms with Crippen molar-refractivity contribution in [2.45, 2.75) is 19.4 Å². The van der Waals surface area contributed by atoms with Gasteiger partial charge in [-0.25, -0.2) is 15.8 Å². The zero-order chi connectivity index (χ0) is 14.3. The second-order valence-corrected chi connectivity index (χ2v) is 5.91. The van der Waals surface area contributed by atoms with Gasteiger partial charge in [-0.3, -0.25) is 4.90 Å². The van der Waals surface area contributed by atoms with Crippen LogP contribution in [0.4, 0.5) is 11.6 Å². The van der Waals surface area contributed by atoms with Crippen molar-refractivity contribution in [1.29, 1.82) is 0 Å². The summed E-state index contributed by atoms with van der Waals surface area (Å²) in [7, 11) is 2.16. The molecule has 0 atom stereocenters. The van der Waals surface area contributed by atoms with Crippen LogP contribution >= 0.6 is 0 Å². The van der Waals surface area contributed by atoms with Gasteiger partial charge in [-0.15, -0.1) is 0 Å². The summed E-state index contributed by atoms with van der Waals surface area (Å²) in [6.45, 7) is 7.33. The van der Waals surface area contributed by atoms with Crippen LogP contribution < -0.4 is 16.2 Å². The number of aromatic nitrogens is 3. The molecule has 3 heterocycles. The van der Waals surface area contributed by atoms with E-state index in [4.69, 9.17) is 5.84 Å². The van der Waals surface area contributed by atoms with Crippen molar-refractivity contribution in [3.63, 3.8) is 0 Å². The molecule has 1 saturated heterocycles. The van der Waals surface area contributed by atoms with E-state index in [1.54, 1.807) is 6.20 Å². The zero-order valence-electron chi connectivity index (χ0n) is 12.2. The number of nitrogens with one attached hydrogen (secondary N) is 1. The number of nitrogen functional groups attached to an aromatic ring is 1. The molecule has 0 spiro atoms. The number of likely N-dealkylation sites (N-methyl/N-ethyl adjacent to an activating group) is 1. The lowest BCUT2D eigenvalue weighted by Crippen LogP contribution is -2.58. The second kappa shape index (κ2) is 4.60. The van der Waals surface area contributed by atoms with Crippen molar-refractivity contribution < 1.29 is 0 Å². The summed E-state index contributed by atoms with van der Waals surface area (Å²) < 4.78 is 1.95. The normalized spacial score (nSPS) is 19.5. The van der Waals surface area contributed by atoms with Gasteiger partial charge in [-0.2, -0.15) is 0 Å². The molecule has 1 fully saturated rings. The molecule has 20 heavy (non-hydrogen) atoms. The lowest BCUT2D eigenvalue weighted by Gasteiger charge is -2.45.